The van der Waals surface area contributed by atoms with Crippen molar-refractivity contribution in [2.75, 3.05) is 5.73 Å². The number of nitrogens with two attached hydrogens (primary N) is 1. The van der Waals surface area contributed by atoms with Crippen LogP contribution in [0.5, 0.6) is 0 Å². The second-order valence-corrected chi connectivity index (χ2v) is 7.58. The molecule has 7 nitrogen and oxygen atoms in total. The van der Waals surface area contributed by atoms with E-state index < -0.39 is 23.5 Å². The number of amides is 1. The molecule has 2 N–H and O–H groups in total. The minimum Gasteiger partial charge on any atom is -0.383 e. The number of hydrogen-bond donors (Lipinski definition) is 1. The third-order valence-electron chi connectivity index (χ3n) is 5.12. The minimum absolute atomic E-state index is 0.00571. The average Bonchev–Trinajstić information content (AvgIpc) is 2.80. The predicted octanol–water partition coefficient (Wildman–Crippen LogP) is 4.31. The first-order valence-corrected chi connectivity index (χ1v) is 10.1. The van der Waals surface area contributed by atoms with Crippen LogP contribution in [0, 0.1) is 12.7 Å². The number of aryl methyl sites for hydroxylation is 1. The second kappa shape index (κ2) is 9.00. The largest absolute Gasteiger partial charge is 0.417 e. The highest BCUT2D eigenvalue weighted by Gasteiger charge is 2.31. The van der Waals surface area contributed by atoms with Crippen LogP contribution in [0.1, 0.15) is 33.0 Å². The molecule has 0 atom stereocenters. The van der Waals surface area contributed by atoms with Gasteiger partial charge in [0.25, 0.3) is 5.91 Å². The number of fused-ring (bicyclic) bond motifs is 1. The summed E-state index contributed by atoms with van der Waals surface area (Å²) in [5.74, 6) is -0.861. The molecule has 0 bridgehead atoms. The third-order valence-corrected chi connectivity index (χ3v) is 5.12. The summed E-state index contributed by atoms with van der Waals surface area (Å²) in [5, 5.41) is 0.627. The maximum Gasteiger partial charge on any atom is 0.417 e. The summed E-state index contributed by atoms with van der Waals surface area (Å²) in [6.45, 7) is 1.34. The molecule has 0 aliphatic carbocycles. The molecular weight excluding hydrogens is 452 g/mol. The number of carbonyl (C=O) groups excluding carboxylic acids is 1. The van der Waals surface area contributed by atoms with Crippen molar-refractivity contribution in [1.82, 2.24) is 24.8 Å². The van der Waals surface area contributed by atoms with Crippen LogP contribution in [0.15, 0.2) is 55.0 Å². The molecule has 4 heterocycles. The number of carbonyl (C=O) groups is 1. The Morgan fingerprint density at radius 1 is 1.06 bits per heavy atom. The van der Waals surface area contributed by atoms with Crippen molar-refractivity contribution < 1.29 is 22.4 Å². The fraction of sp³-hybridized carbons (Fsp3) is 0.174. The van der Waals surface area contributed by atoms with E-state index in [9.17, 15) is 22.4 Å². The van der Waals surface area contributed by atoms with E-state index in [1.54, 1.807) is 13.0 Å². The molecule has 4 aromatic heterocycles. The van der Waals surface area contributed by atoms with E-state index in [0.29, 0.717) is 22.9 Å². The summed E-state index contributed by atoms with van der Waals surface area (Å²) in [5.41, 5.74) is 6.34. The van der Waals surface area contributed by atoms with Crippen molar-refractivity contribution in [1.29, 1.82) is 0 Å². The van der Waals surface area contributed by atoms with Gasteiger partial charge in [-0.3, -0.25) is 14.8 Å². The van der Waals surface area contributed by atoms with Crippen molar-refractivity contribution >= 4 is 22.6 Å². The lowest BCUT2D eigenvalue weighted by atomic mass is 10.1. The van der Waals surface area contributed by atoms with Gasteiger partial charge in [-0.2, -0.15) is 13.2 Å². The van der Waals surface area contributed by atoms with Gasteiger partial charge in [0.2, 0.25) is 0 Å². The quantitative estimate of drug-likeness (QED) is 0.437. The molecular formula is C23H18F4N6O. The molecule has 0 aliphatic heterocycles. The number of halogens is 4. The van der Waals surface area contributed by atoms with Crippen LogP contribution in [-0.4, -0.2) is 30.7 Å². The lowest BCUT2D eigenvalue weighted by molar-refractivity contribution is -0.137. The summed E-state index contributed by atoms with van der Waals surface area (Å²) in [6, 6.07) is 7.94. The Morgan fingerprint density at radius 2 is 1.85 bits per heavy atom. The van der Waals surface area contributed by atoms with Crippen LogP contribution in [-0.2, 0) is 19.3 Å². The van der Waals surface area contributed by atoms with Crippen molar-refractivity contribution in [2.24, 2.45) is 0 Å². The highest BCUT2D eigenvalue weighted by molar-refractivity contribution is 5.96. The third kappa shape index (κ3) is 4.92. The zero-order valence-electron chi connectivity index (χ0n) is 17.8. The summed E-state index contributed by atoms with van der Waals surface area (Å²) < 4.78 is 52.9. The molecule has 0 saturated heterocycles. The minimum atomic E-state index is -4.54. The van der Waals surface area contributed by atoms with Gasteiger partial charge in [0.05, 0.1) is 41.8 Å². The second-order valence-electron chi connectivity index (χ2n) is 7.58. The van der Waals surface area contributed by atoms with Crippen LogP contribution < -0.4 is 5.73 Å². The monoisotopic (exact) mass is 470 g/mol. The molecule has 34 heavy (non-hydrogen) atoms. The zero-order chi connectivity index (χ0) is 24.5. The fourth-order valence-electron chi connectivity index (χ4n) is 3.27. The zero-order valence-corrected chi connectivity index (χ0v) is 17.8. The lowest BCUT2D eigenvalue weighted by Crippen LogP contribution is -2.32. The molecule has 0 aliphatic rings. The van der Waals surface area contributed by atoms with Gasteiger partial charge in [0.15, 0.2) is 0 Å². The maximum atomic E-state index is 14.3. The number of aromatic nitrogens is 4. The topological polar surface area (TPSA) is 97.9 Å². The van der Waals surface area contributed by atoms with E-state index in [-0.39, 0.29) is 30.2 Å². The van der Waals surface area contributed by atoms with Gasteiger partial charge in [0, 0.05) is 17.8 Å². The van der Waals surface area contributed by atoms with E-state index in [1.807, 2.05) is 0 Å². The molecule has 4 rings (SSSR count). The molecule has 0 aromatic carbocycles. The molecule has 0 saturated carbocycles. The van der Waals surface area contributed by atoms with E-state index >= 15 is 0 Å². The average molecular weight is 470 g/mol. The Morgan fingerprint density at radius 3 is 2.53 bits per heavy atom. The highest BCUT2D eigenvalue weighted by atomic mass is 19.4. The molecule has 174 valence electrons. The standard InChI is InChI=1S/C23H18F4N6O/c1-13-7-14-8-18(31-10-19(14)32-21(13)28)22(34)33(12-20-17(24)3-2-6-29-20)11-16-5-4-15(9-30-16)23(25,26)27/h2-10H,11-12H2,1H3,(H2,28,32). The van der Waals surface area contributed by atoms with E-state index in [2.05, 4.69) is 19.9 Å². The number of alkyl halides is 3. The molecule has 1 amide bonds. The number of hydrogen-bond acceptors (Lipinski definition) is 6. The van der Waals surface area contributed by atoms with Gasteiger partial charge in [0.1, 0.15) is 17.3 Å². The van der Waals surface area contributed by atoms with Crippen LogP contribution in [0.25, 0.3) is 10.9 Å². The fourth-order valence-corrected chi connectivity index (χ4v) is 3.27. The van der Waals surface area contributed by atoms with Crippen molar-refractivity contribution in [2.45, 2.75) is 26.2 Å². The first-order chi connectivity index (χ1) is 16.1. The summed E-state index contributed by atoms with van der Waals surface area (Å²) in [7, 11) is 0. The maximum absolute atomic E-state index is 14.3. The van der Waals surface area contributed by atoms with Crippen LogP contribution in [0.3, 0.4) is 0 Å². The van der Waals surface area contributed by atoms with Crippen molar-refractivity contribution in [3.05, 3.63) is 89.0 Å². The Labute approximate surface area is 191 Å². The summed E-state index contributed by atoms with van der Waals surface area (Å²) in [6.07, 6.45) is -1.08. The van der Waals surface area contributed by atoms with Gasteiger partial charge in [-0.25, -0.2) is 14.4 Å². The Bertz CT molecular complexity index is 1360. The smallest absolute Gasteiger partial charge is 0.383 e. The van der Waals surface area contributed by atoms with Crippen molar-refractivity contribution in [3.63, 3.8) is 0 Å². The molecule has 4 aromatic rings. The Balaban J connectivity index is 1.68. The molecule has 11 heteroatoms. The van der Waals surface area contributed by atoms with Crippen LogP contribution >= 0.6 is 0 Å². The molecule has 0 unspecified atom stereocenters. The normalized spacial score (nSPS) is 11.6. The number of nitrogens with zero attached hydrogens (tertiary/aromatic N) is 5. The summed E-state index contributed by atoms with van der Waals surface area (Å²) in [4.78, 5) is 30.7. The predicted molar refractivity (Wildman–Crippen MR) is 116 cm³/mol. The Hall–Kier alpha value is -4.15. The highest BCUT2D eigenvalue weighted by Crippen LogP contribution is 2.28. The SMILES string of the molecule is Cc1cc2cc(C(=O)N(Cc3ccc(C(F)(F)F)cn3)Cc3ncccc3F)ncc2nc1N. The Kier molecular flexibility index (Phi) is 6.10. The molecule has 0 fully saturated rings. The number of nitrogen functional groups attached to an aromatic ring is 1. The van der Waals surface area contributed by atoms with Gasteiger partial charge < -0.3 is 10.6 Å². The van der Waals surface area contributed by atoms with Gasteiger partial charge in [-0.05, 0) is 48.9 Å². The van der Waals surface area contributed by atoms with Crippen LogP contribution in [0.4, 0.5) is 23.4 Å². The first-order valence-electron chi connectivity index (χ1n) is 10.1. The van der Waals surface area contributed by atoms with Crippen molar-refractivity contribution in [3.8, 4) is 0 Å². The number of anilines is 1. The van der Waals surface area contributed by atoms with Gasteiger partial charge in [-0.15, -0.1) is 0 Å². The van der Waals surface area contributed by atoms with E-state index in [1.165, 1.54) is 41.6 Å². The van der Waals surface area contributed by atoms with Gasteiger partial charge >= 0.3 is 6.18 Å². The lowest BCUT2D eigenvalue weighted by Gasteiger charge is -2.22. The number of rotatable bonds is 5. The first kappa shape index (κ1) is 23.0. The molecule has 0 radical (unpaired) electrons. The number of pyridine rings is 4. The van der Waals surface area contributed by atoms with E-state index in [4.69, 9.17) is 5.73 Å². The summed E-state index contributed by atoms with van der Waals surface area (Å²) >= 11 is 0. The molecule has 0 spiro atoms. The van der Waals surface area contributed by atoms with Gasteiger partial charge in [-0.1, -0.05) is 0 Å². The van der Waals surface area contributed by atoms with E-state index in [0.717, 1.165) is 11.6 Å². The van der Waals surface area contributed by atoms with Crippen LogP contribution in [0.2, 0.25) is 0 Å².